The van der Waals surface area contributed by atoms with Gasteiger partial charge < -0.3 is 14.4 Å². The summed E-state index contributed by atoms with van der Waals surface area (Å²) in [5.74, 6) is 0.908. The lowest BCUT2D eigenvalue weighted by atomic mass is 10.1. The number of benzene rings is 2. The van der Waals surface area contributed by atoms with E-state index in [1.54, 1.807) is 30.2 Å². The number of methoxy groups -OCH3 is 1. The highest BCUT2D eigenvalue weighted by molar-refractivity contribution is 6.32. The molecule has 0 aromatic heterocycles. The fourth-order valence-corrected chi connectivity index (χ4v) is 2.50. The molecule has 0 bridgehead atoms. The van der Waals surface area contributed by atoms with Gasteiger partial charge in [0.1, 0.15) is 0 Å². The van der Waals surface area contributed by atoms with Crippen LogP contribution in [0.1, 0.15) is 12.5 Å². The van der Waals surface area contributed by atoms with Crippen LogP contribution in [0.5, 0.6) is 11.5 Å². The van der Waals surface area contributed by atoms with E-state index in [0.29, 0.717) is 23.1 Å². The fourth-order valence-electron chi connectivity index (χ4n) is 2.20. The number of nitrogens with zero attached hydrogens (tertiary/aromatic N) is 1. The van der Waals surface area contributed by atoms with Crippen molar-refractivity contribution in [2.24, 2.45) is 0 Å². The number of halogens is 1. The Balaban J connectivity index is 2.20. The zero-order chi connectivity index (χ0) is 17.5. The molecule has 4 nitrogen and oxygen atoms in total. The van der Waals surface area contributed by atoms with Crippen molar-refractivity contribution in [3.05, 3.63) is 59.1 Å². The van der Waals surface area contributed by atoms with Gasteiger partial charge in [-0.3, -0.25) is 4.79 Å². The predicted octanol–water partition coefficient (Wildman–Crippen LogP) is 4.42. The number of hydrogen-bond donors (Lipinski definition) is 0. The molecule has 0 fully saturated rings. The topological polar surface area (TPSA) is 38.8 Å². The van der Waals surface area contributed by atoms with Gasteiger partial charge in [-0.2, -0.15) is 0 Å². The molecule has 126 valence electrons. The highest BCUT2D eigenvalue weighted by Gasteiger charge is 2.11. The van der Waals surface area contributed by atoms with E-state index < -0.39 is 0 Å². The molecule has 0 heterocycles. The predicted molar refractivity (Wildman–Crippen MR) is 98.1 cm³/mol. The van der Waals surface area contributed by atoms with E-state index in [1.165, 1.54) is 13.2 Å². The number of para-hydroxylation sites is 1. The second-order valence-electron chi connectivity index (χ2n) is 5.03. The smallest absolute Gasteiger partial charge is 0.250 e. The Kier molecular flexibility index (Phi) is 6.27. The van der Waals surface area contributed by atoms with Crippen LogP contribution in [-0.2, 0) is 4.79 Å². The largest absolute Gasteiger partial charge is 0.491 e. The van der Waals surface area contributed by atoms with Crippen LogP contribution in [0.4, 0.5) is 5.69 Å². The van der Waals surface area contributed by atoms with Crippen molar-refractivity contribution in [2.45, 2.75) is 6.92 Å². The third-order valence-corrected chi connectivity index (χ3v) is 3.71. The molecule has 2 aromatic rings. The number of likely N-dealkylation sites (N-methyl/N-ethyl adjacent to an activating group) is 1. The zero-order valence-electron chi connectivity index (χ0n) is 14.0. The lowest BCUT2D eigenvalue weighted by Crippen LogP contribution is -2.23. The van der Waals surface area contributed by atoms with Gasteiger partial charge in [0.25, 0.3) is 5.91 Å². The molecule has 0 aliphatic heterocycles. The number of hydrogen-bond acceptors (Lipinski definition) is 3. The molecular weight excluding hydrogens is 326 g/mol. The molecule has 2 rings (SSSR count). The normalized spacial score (nSPS) is 10.7. The van der Waals surface area contributed by atoms with Crippen molar-refractivity contribution < 1.29 is 14.3 Å². The highest BCUT2D eigenvalue weighted by atomic mass is 35.5. The molecule has 0 saturated carbocycles. The van der Waals surface area contributed by atoms with Crippen LogP contribution in [0.3, 0.4) is 0 Å². The summed E-state index contributed by atoms with van der Waals surface area (Å²) in [6.07, 6.45) is 3.20. The van der Waals surface area contributed by atoms with E-state index in [-0.39, 0.29) is 5.91 Å². The van der Waals surface area contributed by atoms with Crippen molar-refractivity contribution in [3.63, 3.8) is 0 Å². The fraction of sp³-hybridized carbons (Fsp3) is 0.211. The van der Waals surface area contributed by atoms with E-state index in [0.717, 1.165) is 11.3 Å². The Labute approximate surface area is 147 Å². The summed E-state index contributed by atoms with van der Waals surface area (Å²) in [4.78, 5) is 13.9. The summed E-state index contributed by atoms with van der Waals surface area (Å²) in [5.41, 5.74) is 1.59. The lowest BCUT2D eigenvalue weighted by Gasteiger charge is -2.15. The SMILES string of the molecule is CCOc1cc(/C=C/C(=O)N(C)c2ccccc2)cc(Cl)c1OC. The Bertz CT molecular complexity index is 729. The minimum absolute atomic E-state index is 0.133. The Morgan fingerprint density at radius 2 is 1.96 bits per heavy atom. The van der Waals surface area contributed by atoms with Crippen molar-refractivity contribution in [1.82, 2.24) is 0 Å². The molecule has 0 atom stereocenters. The molecular formula is C19H20ClNO3. The molecule has 0 N–H and O–H groups in total. The van der Waals surface area contributed by atoms with Gasteiger partial charge >= 0.3 is 0 Å². The Morgan fingerprint density at radius 3 is 2.58 bits per heavy atom. The second-order valence-corrected chi connectivity index (χ2v) is 5.44. The molecule has 2 aromatic carbocycles. The van der Waals surface area contributed by atoms with Gasteiger partial charge in [0, 0.05) is 18.8 Å². The van der Waals surface area contributed by atoms with Crippen molar-refractivity contribution >= 4 is 29.3 Å². The molecule has 1 amide bonds. The van der Waals surface area contributed by atoms with Crippen LogP contribution in [0.25, 0.3) is 6.08 Å². The van der Waals surface area contributed by atoms with Crippen LogP contribution in [0, 0.1) is 0 Å². The summed E-state index contributed by atoms with van der Waals surface area (Å²) in [6.45, 7) is 2.38. The van der Waals surface area contributed by atoms with E-state index in [2.05, 4.69) is 0 Å². The maximum Gasteiger partial charge on any atom is 0.250 e. The van der Waals surface area contributed by atoms with Gasteiger partial charge in [-0.1, -0.05) is 29.8 Å². The molecule has 0 saturated heterocycles. The van der Waals surface area contributed by atoms with Gasteiger partial charge in [0.05, 0.1) is 18.7 Å². The summed E-state index contributed by atoms with van der Waals surface area (Å²) in [5, 5.41) is 0.437. The van der Waals surface area contributed by atoms with Crippen LogP contribution < -0.4 is 14.4 Å². The number of carbonyl (C=O) groups excluding carboxylic acids is 1. The molecule has 0 radical (unpaired) electrons. The number of amides is 1. The monoisotopic (exact) mass is 345 g/mol. The second kappa shape index (κ2) is 8.41. The number of carbonyl (C=O) groups is 1. The van der Waals surface area contributed by atoms with E-state index in [1.807, 2.05) is 37.3 Å². The van der Waals surface area contributed by atoms with Crippen LogP contribution in [-0.4, -0.2) is 26.7 Å². The van der Waals surface area contributed by atoms with E-state index >= 15 is 0 Å². The number of ether oxygens (including phenoxy) is 2. The van der Waals surface area contributed by atoms with Gasteiger partial charge in [-0.25, -0.2) is 0 Å². The summed E-state index contributed by atoms with van der Waals surface area (Å²) >= 11 is 6.21. The van der Waals surface area contributed by atoms with E-state index in [9.17, 15) is 4.79 Å². The summed E-state index contributed by atoms with van der Waals surface area (Å²) in [7, 11) is 3.27. The van der Waals surface area contributed by atoms with Crippen molar-refractivity contribution in [1.29, 1.82) is 0 Å². The first kappa shape index (κ1) is 17.9. The first-order valence-corrected chi connectivity index (χ1v) is 7.95. The number of rotatable bonds is 6. The molecule has 24 heavy (non-hydrogen) atoms. The van der Waals surface area contributed by atoms with Crippen LogP contribution in [0.2, 0.25) is 5.02 Å². The maximum atomic E-state index is 12.3. The first-order valence-electron chi connectivity index (χ1n) is 7.58. The lowest BCUT2D eigenvalue weighted by molar-refractivity contribution is -0.113. The highest BCUT2D eigenvalue weighted by Crippen LogP contribution is 2.36. The zero-order valence-corrected chi connectivity index (χ0v) is 14.7. The van der Waals surface area contributed by atoms with Gasteiger partial charge in [0.2, 0.25) is 0 Å². The van der Waals surface area contributed by atoms with E-state index in [4.69, 9.17) is 21.1 Å². The summed E-state index contributed by atoms with van der Waals surface area (Å²) < 4.78 is 10.8. The van der Waals surface area contributed by atoms with Gasteiger partial charge in [0.15, 0.2) is 11.5 Å². The standard InChI is InChI=1S/C19H20ClNO3/c1-4-24-17-13-14(12-16(20)19(17)23-3)10-11-18(22)21(2)15-8-6-5-7-9-15/h5-13H,4H2,1-3H3/b11-10+. The third-order valence-electron chi connectivity index (χ3n) is 3.43. The average molecular weight is 346 g/mol. The van der Waals surface area contributed by atoms with Crippen molar-refractivity contribution in [3.8, 4) is 11.5 Å². The van der Waals surface area contributed by atoms with Gasteiger partial charge in [-0.15, -0.1) is 0 Å². The van der Waals surface area contributed by atoms with Crippen LogP contribution in [0.15, 0.2) is 48.5 Å². The molecule has 0 aliphatic rings. The molecule has 0 unspecified atom stereocenters. The van der Waals surface area contributed by atoms with Crippen molar-refractivity contribution in [2.75, 3.05) is 25.7 Å². The molecule has 5 heteroatoms. The maximum absolute atomic E-state index is 12.3. The minimum Gasteiger partial charge on any atom is -0.491 e. The van der Waals surface area contributed by atoms with Crippen LogP contribution >= 0.6 is 11.6 Å². The third kappa shape index (κ3) is 4.30. The quantitative estimate of drug-likeness (QED) is 0.727. The summed E-state index contributed by atoms with van der Waals surface area (Å²) in [6, 6.07) is 13.0. The molecule has 0 spiro atoms. The number of anilines is 1. The Hall–Kier alpha value is -2.46. The Morgan fingerprint density at radius 1 is 1.25 bits per heavy atom. The minimum atomic E-state index is -0.133. The first-order chi connectivity index (χ1) is 11.6. The average Bonchev–Trinajstić information content (AvgIpc) is 2.60. The van der Waals surface area contributed by atoms with Gasteiger partial charge in [-0.05, 0) is 42.8 Å². The molecule has 0 aliphatic carbocycles.